The molecule has 6 heteroatoms. The lowest BCUT2D eigenvalue weighted by Crippen LogP contribution is -2.11. The molecule has 0 aliphatic heterocycles. The van der Waals surface area contributed by atoms with E-state index in [1.54, 1.807) is 6.07 Å². The van der Waals surface area contributed by atoms with E-state index in [1.165, 1.54) is 12.1 Å². The van der Waals surface area contributed by atoms with Gasteiger partial charge in [-0.25, -0.2) is 13.2 Å². The van der Waals surface area contributed by atoms with Gasteiger partial charge in [-0.15, -0.1) is 0 Å². The third-order valence-corrected chi connectivity index (χ3v) is 3.55. The van der Waals surface area contributed by atoms with Gasteiger partial charge in [-0.05, 0) is 17.7 Å². The number of alkyl halides is 2. The fourth-order valence-electron chi connectivity index (χ4n) is 2.44. The first kappa shape index (κ1) is 15.4. The van der Waals surface area contributed by atoms with Crippen LogP contribution in [-0.4, -0.2) is 12.8 Å². The second kappa shape index (κ2) is 6.32. The summed E-state index contributed by atoms with van der Waals surface area (Å²) in [6.07, 6.45) is -2.84. The maximum Gasteiger partial charge on any atom is 0.266 e. The van der Waals surface area contributed by atoms with Crippen molar-refractivity contribution >= 4 is 30.0 Å². The Labute approximate surface area is 132 Å². The van der Waals surface area contributed by atoms with Crippen molar-refractivity contribution < 1.29 is 13.2 Å². The van der Waals surface area contributed by atoms with E-state index in [4.69, 9.17) is 7.85 Å². The molecule has 3 aromatic rings. The lowest BCUT2D eigenvalue weighted by atomic mass is 10.0. The van der Waals surface area contributed by atoms with Crippen molar-refractivity contribution in [3.05, 3.63) is 65.5 Å². The molecular weight excluding hydrogens is 300 g/mol. The quantitative estimate of drug-likeness (QED) is 0.743. The van der Waals surface area contributed by atoms with Crippen LogP contribution in [0.3, 0.4) is 0 Å². The van der Waals surface area contributed by atoms with Crippen molar-refractivity contribution in [2.24, 2.45) is 0 Å². The molecule has 0 amide bonds. The Kier molecular flexibility index (Phi) is 4.23. The van der Waals surface area contributed by atoms with E-state index in [0.29, 0.717) is 16.8 Å². The summed E-state index contributed by atoms with van der Waals surface area (Å²) in [4.78, 5) is 4.21. The smallest absolute Gasteiger partial charge is 0.266 e. The van der Waals surface area contributed by atoms with Gasteiger partial charge in [0, 0.05) is 23.2 Å². The number of nitrogens with zero attached hydrogens (tertiary/aromatic N) is 1. The molecule has 0 saturated heterocycles. The largest absolute Gasteiger partial charge is 0.380 e. The van der Waals surface area contributed by atoms with Gasteiger partial charge in [0.05, 0.1) is 11.1 Å². The van der Waals surface area contributed by atoms with Gasteiger partial charge < -0.3 is 5.32 Å². The number of para-hydroxylation sites is 1. The molecule has 0 aliphatic carbocycles. The molecule has 3 rings (SSSR count). The van der Waals surface area contributed by atoms with Crippen molar-refractivity contribution in [1.82, 2.24) is 4.98 Å². The minimum Gasteiger partial charge on any atom is -0.380 e. The number of halogens is 3. The number of nitrogens with one attached hydrogen (secondary N) is 1. The summed E-state index contributed by atoms with van der Waals surface area (Å²) in [5.74, 6) is -0.888. The van der Waals surface area contributed by atoms with Crippen LogP contribution in [0.1, 0.15) is 17.6 Å². The number of anilines is 1. The van der Waals surface area contributed by atoms with E-state index in [0.717, 1.165) is 11.5 Å². The van der Waals surface area contributed by atoms with Crippen LogP contribution in [-0.2, 0) is 6.54 Å². The number of hydrogen-bond acceptors (Lipinski definition) is 2. The van der Waals surface area contributed by atoms with Gasteiger partial charge in [-0.2, -0.15) is 0 Å². The van der Waals surface area contributed by atoms with Crippen molar-refractivity contribution in [3.8, 4) is 0 Å². The molecule has 114 valence electrons. The molecule has 2 aromatic carbocycles. The van der Waals surface area contributed by atoms with Crippen LogP contribution in [0.2, 0.25) is 0 Å². The van der Waals surface area contributed by atoms with Crippen molar-refractivity contribution in [2.75, 3.05) is 5.32 Å². The topological polar surface area (TPSA) is 24.9 Å². The summed E-state index contributed by atoms with van der Waals surface area (Å²) in [5, 5.41) is 3.87. The minimum atomic E-state index is -2.84. The van der Waals surface area contributed by atoms with Gasteiger partial charge in [-0.3, -0.25) is 4.98 Å². The van der Waals surface area contributed by atoms with Crippen LogP contribution in [0.4, 0.5) is 18.9 Å². The van der Waals surface area contributed by atoms with Gasteiger partial charge in [-0.1, -0.05) is 36.4 Å². The van der Waals surface area contributed by atoms with E-state index in [2.05, 4.69) is 10.3 Å². The first-order valence-electron chi connectivity index (χ1n) is 7.01. The van der Waals surface area contributed by atoms with Crippen molar-refractivity contribution in [2.45, 2.75) is 13.0 Å². The molecule has 0 atom stereocenters. The highest BCUT2D eigenvalue weighted by Crippen LogP contribution is 2.25. The van der Waals surface area contributed by atoms with Crippen LogP contribution in [0, 0.1) is 5.82 Å². The maximum absolute atomic E-state index is 14.1. The average molecular weight is 312 g/mol. The molecule has 0 saturated carbocycles. The van der Waals surface area contributed by atoms with E-state index >= 15 is 0 Å². The molecule has 2 radical (unpaired) electrons. The number of aromatic nitrogens is 1. The lowest BCUT2D eigenvalue weighted by molar-refractivity contribution is 0.146. The van der Waals surface area contributed by atoms with Crippen LogP contribution in [0.5, 0.6) is 0 Å². The fraction of sp³-hybridized carbons (Fsp3) is 0.118. The van der Waals surface area contributed by atoms with E-state index in [-0.39, 0.29) is 12.1 Å². The standard InChI is InChI=1S/C17H12BF3N2/c18-15-8-14(11-5-1-2-7-13(11)23-15)22-9-10-4-3-6-12(16(10)19)17(20)21/h1-8,17H,9H2,(H,22,23). The second-order valence-corrected chi connectivity index (χ2v) is 5.09. The molecule has 0 fully saturated rings. The first-order valence-corrected chi connectivity index (χ1v) is 7.01. The highest BCUT2D eigenvalue weighted by Gasteiger charge is 2.16. The SMILES string of the molecule is [B]c1cc(NCc2cccc(C(F)F)c2F)c2ccccc2n1. The number of benzene rings is 2. The van der Waals surface area contributed by atoms with Crippen molar-refractivity contribution in [3.63, 3.8) is 0 Å². The summed E-state index contributed by atoms with van der Waals surface area (Å²) in [7, 11) is 5.76. The fourth-order valence-corrected chi connectivity index (χ4v) is 2.44. The molecule has 2 nitrogen and oxygen atoms in total. The minimum absolute atomic E-state index is 0.0693. The number of hydrogen-bond donors (Lipinski definition) is 1. The lowest BCUT2D eigenvalue weighted by Gasteiger charge is -2.13. The summed E-state index contributed by atoms with van der Waals surface area (Å²) in [6.45, 7) is 0.0693. The van der Waals surface area contributed by atoms with Crippen LogP contribution >= 0.6 is 0 Å². The third kappa shape index (κ3) is 3.16. The Morgan fingerprint density at radius 2 is 1.87 bits per heavy atom. The second-order valence-electron chi connectivity index (χ2n) is 5.09. The highest BCUT2D eigenvalue weighted by atomic mass is 19.3. The van der Waals surface area contributed by atoms with Crippen LogP contribution in [0.15, 0.2) is 48.5 Å². The van der Waals surface area contributed by atoms with Gasteiger partial charge in [0.25, 0.3) is 6.43 Å². The third-order valence-electron chi connectivity index (χ3n) is 3.55. The zero-order valence-electron chi connectivity index (χ0n) is 12.1. The predicted molar refractivity (Wildman–Crippen MR) is 85.8 cm³/mol. The molecule has 23 heavy (non-hydrogen) atoms. The average Bonchev–Trinajstić information content (AvgIpc) is 2.53. The molecule has 0 bridgehead atoms. The van der Waals surface area contributed by atoms with Gasteiger partial charge in [0.1, 0.15) is 13.7 Å². The number of fused-ring (bicyclic) bond motifs is 1. The number of rotatable bonds is 4. The molecule has 1 aromatic heterocycles. The maximum atomic E-state index is 14.1. The summed E-state index contributed by atoms with van der Waals surface area (Å²) < 4.78 is 39.6. The molecule has 0 aliphatic rings. The first-order chi connectivity index (χ1) is 11.1. The Hall–Kier alpha value is -2.50. The molecular formula is C17H12BF3N2. The van der Waals surface area contributed by atoms with Gasteiger partial charge in [0.15, 0.2) is 0 Å². The Balaban J connectivity index is 1.91. The molecule has 0 unspecified atom stereocenters. The summed E-state index contributed by atoms with van der Waals surface area (Å²) >= 11 is 0. The zero-order valence-corrected chi connectivity index (χ0v) is 12.1. The molecule has 1 heterocycles. The Morgan fingerprint density at radius 3 is 2.65 bits per heavy atom. The van der Waals surface area contributed by atoms with Gasteiger partial charge in [0.2, 0.25) is 0 Å². The Morgan fingerprint density at radius 1 is 1.09 bits per heavy atom. The highest BCUT2D eigenvalue weighted by molar-refractivity contribution is 6.31. The number of pyridine rings is 1. The predicted octanol–water partition coefficient (Wildman–Crippen LogP) is 3.72. The van der Waals surface area contributed by atoms with E-state index in [1.807, 2.05) is 24.3 Å². The van der Waals surface area contributed by atoms with E-state index < -0.39 is 17.8 Å². The zero-order chi connectivity index (χ0) is 16.4. The van der Waals surface area contributed by atoms with Crippen LogP contribution < -0.4 is 10.9 Å². The van der Waals surface area contributed by atoms with E-state index in [9.17, 15) is 13.2 Å². The van der Waals surface area contributed by atoms with Crippen molar-refractivity contribution in [1.29, 1.82) is 0 Å². The molecule has 1 N–H and O–H groups in total. The molecule has 0 spiro atoms. The monoisotopic (exact) mass is 312 g/mol. The van der Waals surface area contributed by atoms with Gasteiger partial charge >= 0.3 is 0 Å². The summed E-state index contributed by atoms with van der Waals surface area (Å²) in [5.41, 5.74) is 1.28. The summed E-state index contributed by atoms with van der Waals surface area (Å²) in [6, 6.07) is 13.0. The normalized spacial score (nSPS) is 11.1. The Bertz CT molecular complexity index is 852. The van der Waals surface area contributed by atoms with Crippen LogP contribution in [0.25, 0.3) is 10.9 Å².